The molecule has 3 aromatic carbocycles. The van der Waals surface area contributed by atoms with Crippen LogP contribution in [0.1, 0.15) is 41.3 Å². The van der Waals surface area contributed by atoms with Crippen LogP contribution in [0.4, 0.5) is 17.1 Å². The molecule has 3 aromatic rings. The van der Waals surface area contributed by atoms with Crippen LogP contribution in [0.3, 0.4) is 0 Å². The van der Waals surface area contributed by atoms with E-state index in [2.05, 4.69) is 76.8 Å². The molecule has 0 spiro atoms. The van der Waals surface area contributed by atoms with Gasteiger partial charge in [0.05, 0.1) is 11.7 Å². The van der Waals surface area contributed by atoms with Gasteiger partial charge in [-0.05, 0) is 87.8 Å². The van der Waals surface area contributed by atoms with Crippen molar-refractivity contribution in [3.05, 3.63) is 83.4 Å². The lowest BCUT2D eigenvalue weighted by Gasteiger charge is -2.37. The van der Waals surface area contributed by atoms with Crippen LogP contribution >= 0.6 is 0 Å². The molecule has 0 bridgehead atoms. The molecule has 1 saturated heterocycles. The van der Waals surface area contributed by atoms with E-state index < -0.39 is 0 Å². The number of hydrogen-bond acceptors (Lipinski definition) is 6. The predicted octanol–water partition coefficient (Wildman–Crippen LogP) is 5.59. The number of amides is 1. The van der Waals surface area contributed by atoms with Gasteiger partial charge in [-0.2, -0.15) is 0 Å². The summed E-state index contributed by atoms with van der Waals surface area (Å²) in [4.78, 5) is 18.0. The van der Waals surface area contributed by atoms with Gasteiger partial charge in [0, 0.05) is 41.3 Å². The van der Waals surface area contributed by atoms with Gasteiger partial charge in [-0.25, -0.2) is 0 Å². The maximum Gasteiger partial charge on any atom is 0.255 e. The number of nitrogens with one attached hydrogen (secondary N) is 2. The minimum Gasteiger partial charge on any atom is -0.486 e. The molecule has 39 heavy (non-hydrogen) atoms. The SMILES string of the molecule is Cc1ccc(NC(=O)c2ccc3c(c2)OCCO3)cc1N1c2ccccc2C(NCCN2CCCC2)=CC1C. The number of para-hydroxylation sites is 1. The highest BCUT2D eigenvalue weighted by atomic mass is 16.6. The first-order chi connectivity index (χ1) is 19.1. The highest BCUT2D eigenvalue weighted by Gasteiger charge is 2.26. The summed E-state index contributed by atoms with van der Waals surface area (Å²) < 4.78 is 11.2. The molecule has 1 amide bonds. The number of likely N-dealkylation sites (tertiary alicyclic amines) is 1. The number of rotatable bonds is 7. The van der Waals surface area contributed by atoms with E-state index in [1.54, 1.807) is 18.2 Å². The molecule has 7 heteroatoms. The lowest BCUT2D eigenvalue weighted by Crippen LogP contribution is -2.35. The van der Waals surface area contributed by atoms with Gasteiger partial charge in [0.15, 0.2) is 11.5 Å². The second-order valence-corrected chi connectivity index (χ2v) is 10.5. The standard InChI is InChI=1S/C32H36N4O3/c1-22-9-11-25(34-32(37)24-10-12-30-31(20-24)39-18-17-38-30)21-29(22)36-23(2)19-27(26-7-3-4-8-28(26)36)33-13-16-35-14-5-6-15-35/h3-4,7-12,19-21,23,33H,5-6,13-18H2,1-2H3,(H,34,37). The van der Waals surface area contributed by atoms with Crippen molar-refractivity contribution >= 4 is 28.7 Å². The van der Waals surface area contributed by atoms with Crippen molar-refractivity contribution in [2.75, 3.05) is 49.6 Å². The average Bonchev–Trinajstić information content (AvgIpc) is 3.48. The van der Waals surface area contributed by atoms with E-state index in [-0.39, 0.29) is 11.9 Å². The van der Waals surface area contributed by atoms with Crippen LogP contribution in [0, 0.1) is 6.92 Å². The highest BCUT2D eigenvalue weighted by Crippen LogP contribution is 2.40. The molecule has 0 radical (unpaired) electrons. The second kappa shape index (κ2) is 11.0. The molecule has 1 unspecified atom stereocenters. The molecule has 1 atom stereocenters. The third-order valence-electron chi connectivity index (χ3n) is 7.74. The quantitative estimate of drug-likeness (QED) is 0.420. The van der Waals surface area contributed by atoms with E-state index in [9.17, 15) is 4.79 Å². The van der Waals surface area contributed by atoms with E-state index in [1.165, 1.54) is 37.2 Å². The fraction of sp³-hybridized carbons (Fsp3) is 0.344. The summed E-state index contributed by atoms with van der Waals surface area (Å²) in [6, 6.07) is 20.1. The first kappa shape index (κ1) is 25.3. The minimum atomic E-state index is -0.182. The summed E-state index contributed by atoms with van der Waals surface area (Å²) in [5, 5.41) is 6.80. The van der Waals surface area contributed by atoms with Gasteiger partial charge >= 0.3 is 0 Å². The molecule has 202 valence electrons. The summed E-state index contributed by atoms with van der Waals surface area (Å²) in [5.74, 6) is 1.10. The van der Waals surface area contributed by atoms with Crippen LogP contribution < -0.4 is 25.0 Å². The lowest BCUT2D eigenvalue weighted by atomic mass is 9.98. The maximum atomic E-state index is 13.1. The Morgan fingerprint density at radius 2 is 1.74 bits per heavy atom. The Morgan fingerprint density at radius 3 is 2.59 bits per heavy atom. The van der Waals surface area contributed by atoms with Gasteiger partial charge in [0.2, 0.25) is 0 Å². The van der Waals surface area contributed by atoms with Crippen molar-refractivity contribution < 1.29 is 14.3 Å². The number of hydrogen-bond donors (Lipinski definition) is 2. The van der Waals surface area contributed by atoms with Gasteiger partial charge in [-0.3, -0.25) is 4.79 Å². The largest absolute Gasteiger partial charge is 0.486 e. The number of carbonyl (C=O) groups excluding carboxylic acids is 1. The van der Waals surface area contributed by atoms with Crippen molar-refractivity contribution in [2.45, 2.75) is 32.7 Å². The van der Waals surface area contributed by atoms with Crippen molar-refractivity contribution in [1.29, 1.82) is 0 Å². The third kappa shape index (κ3) is 5.32. The zero-order chi connectivity index (χ0) is 26.8. The minimum absolute atomic E-state index is 0.136. The number of benzene rings is 3. The Labute approximate surface area is 230 Å². The van der Waals surface area contributed by atoms with E-state index in [4.69, 9.17) is 9.47 Å². The maximum absolute atomic E-state index is 13.1. The Bertz CT molecular complexity index is 1400. The van der Waals surface area contributed by atoms with Crippen molar-refractivity contribution in [3.63, 3.8) is 0 Å². The number of carbonyl (C=O) groups is 1. The molecule has 0 saturated carbocycles. The van der Waals surface area contributed by atoms with Gasteiger partial charge in [0.25, 0.3) is 5.91 Å². The molecular formula is C32H36N4O3. The van der Waals surface area contributed by atoms with Crippen LogP contribution in [0.15, 0.2) is 66.7 Å². The Balaban J connectivity index is 1.22. The normalized spacial score (nSPS) is 18.4. The molecule has 2 N–H and O–H groups in total. The highest BCUT2D eigenvalue weighted by molar-refractivity contribution is 6.05. The summed E-state index contributed by atoms with van der Waals surface area (Å²) in [6.45, 7) is 9.77. The molecule has 3 aliphatic rings. The van der Waals surface area contributed by atoms with Crippen LogP contribution in [0.25, 0.3) is 5.70 Å². The predicted molar refractivity (Wildman–Crippen MR) is 156 cm³/mol. The Morgan fingerprint density at radius 1 is 0.949 bits per heavy atom. The molecule has 7 nitrogen and oxygen atoms in total. The number of nitrogens with zero attached hydrogens (tertiary/aromatic N) is 2. The van der Waals surface area contributed by atoms with Gasteiger partial charge in [-0.1, -0.05) is 24.3 Å². The smallest absolute Gasteiger partial charge is 0.255 e. The van der Waals surface area contributed by atoms with Crippen LogP contribution in [-0.2, 0) is 0 Å². The van der Waals surface area contributed by atoms with Crippen molar-refractivity contribution in [3.8, 4) is 11.5 Å². The van der Waals surface area contributed by atoms with Gasteiger partial charge in [0.1, 0.15) is 13.2 Å². The topological polar surface area (TPSA) is 66.1 Å². The molecule has 6 rings (SSSR count). The fourth-order valence-electron chi connectivity index (χ4n) is 5.73. The van der Waals surface area contributed by atoms with Crippen LogP contribution in [-0.4, -0.2) is 56.2 Å². The van der Waals surface area contributed by atoms with Crippen LogP contribution in [0.5, 0.6) is 11.5 Å². The molecule has 3 aliphatic heterocycles. The van der Waals surface area contributed by atoms with Gasteiger partial charge < -0.3 is 29.9 Å². The van der Waals surface area contributed by atoms with Crippen molar-refractivity contribution in [2.24, 2.45) is 0 Å². The lowest BCUT2D eigenvalue weighted by molar-refractivity contribution is 0.102. The second-order valence-electron chi connectivity index (χ2n) is 10.5. The zero-order valence-corrected chi connectivity index (χ0v) is 22.7. The summed E-state index contributed by atoms with van der Waals surface area (Å²) in [6.07, 6.45) is 4.94. The van der Waals surface area contributed by atoms with E-state index in [1.807, 2.05) is 6.07 Å². The first-order valence-corrected chi connectivity index (χ1v) is 14.0. The number of ether oxygens (including phenoxy) is 2. The van der Waals surface area contributed by atoms with Crippen molar-refractivity contribution in [1.82, 2.24) is 10.2 Å². The molecule has 3 heterocycles. The molecule has 0 aliphatic carbocycles. The van der Waals surface area contributed by atoms with E-state index in [0.29, 0.717) is 30.3 Å². The Hall–Kier alpha value is -3.97. The summed E-state index contributed by atoms with van der Waals surface area (Å²) in [5.41, 5.74) is 7.05. The monoisotopic (exact) mass is 524 g/mol. The van der Waals surface area contributed by atoms with Crippen LogP contribution in [0.2, 0.25) is 0 Å². The zero-order valence-electron chi connectivity index (χ0n) is 22.7. The number of fused-ring (bicyclic) bond motifs is 2. The van der Waals surface area contributed by atoms with Gasteiger partial charge in [-0.15, -0.1) is 0 Å². The molecular weight excluding hydrogens is 488 g/mol. The fourth-order valence-corrected chi connectivity index (χ4v) is 5.73. The summed E-state index contributed by atoms with van der Waals surface area (Å²) in [7, 11) is 0. The number of aryl methyl sites for hydroxylation is 1. The van der Waals surface area contributed by atoms with E-state index in [0.717, 1.165) is 35.7 Å². The average molecular weight is 525 g/mol. The first-order valence-electron chi connectivity index (χ1n) is 14.0. The molecule has 1 fully saturated rings. The molecule has 0 aromatic heterocycles. The summed E-state index contributed by atoms with van der Waals surface area (Å²) >= 11 is 0. The van der Waals surface area contributed by atoms with E-state index >= 15 is 0 Å². The Kier molecular flexibility index (Phi) is 7.16. The third-order valence-corrected chi connectivity index (χ3v) is 7.74. The number of anilines is 3.